The van der Waals surface area contributed by atoms with Crippen LogP contribution in [0.3, 0.4) is 0 Å². The first-order valence-corrected chi connectivity index (χ1v) is 3.78. The molecule has 0 aliphatic rings. The minimum Gasteiger partial charge on any atom is -0.362 e. The molecule has 0 saturated carbocycles. The first kappa shape index (κ1) is 9.12. The molecule has 0 aliphatic heterocycles. The van der Waals surface area contributed by atoms with E-state index in [1.54, 1.807) is 0 Å². The van der Waals surface area contributed by atoms with Crippen LogP contribution in [0.25, 0.3) is 0 Å². The fourth-order valence-electron chi connectivity index (χ4n) is 0.595. The smallest absolute Gasteiger partial charge is 0.116 e. The fraction of sp³-hybridized carbons (Fsp3) is 0.667. The molecule has 54 valence electrons. The Balaban J connectivity index is 3.79. The van der Waals surface area contributed by atoms with E-state index in [9.17, 15) is 0 Å². The van der Waals surface area contributed by atoms with Crippen molar-refractivity contribution in [3.8, 4) is 0 Å². The van der Waals surface area contributed by atoms with Crippen molar-refractivity contribution in [2.45, 2.75) is 13.8 Å². The Hall–Kier alpha value is 0.120. The summed E-state index contributed by atoms with van der Waals surface area (Å²) in [6.45, 7) is 5.87. The Kier molecular flexibility index (Phi) is 5.02. The van der Waals surface area contributed by atoms with Crippen LogP contribution in [0.1, 0.15) is 13.8 Å². The van der Waals surface area contributed by atoms with Crippen molar-refractivity contribution >= 4 is 23.2 Å². The first-order valence-electron chi connectivity index (χ1n) is 2.97. The normalized spacial score (nSPS) is 11.8. The minimum atomic E-state index is 0.613. The van der Waals surface area contributed by atoms with Crippen molar-refractivity contribution in [1.82, 2.24) is 4.90 Å². The highest BCUT2D eigenvalue weighted by Crippen LogP contribution is 2.08. The van der Waals surface area contributed by atoms with Gasteiger partial charge in [-0.2, -0.15) is 0 Å². The number of nitrogens with zero attached hydrogens (tertiary/aromatic N) is 1. The van der Waals surface area contributed by atoms with Gasteiger partial charge < -0.3 is 4.90 Å². The summed E-state index contributed by atoms with van der Waals surface area (Å²) < 4.78 is 0. The van der Waals surface area contributed by atoms with Gasteiger partial charge in [0, 0.05) is 18.6 Å². The molecule has 0 aliphatic carbocycles. The van der Waals surface area contributed by atoms with Crippen LogP contribution in [0.4, 0.5) is 0 Å². The predicted molar refractivity (Wildman–Crippen MR) is 42.7 cm³/mol. The van der Waals surface area contributed by atoms with Crippen LogP contribution < -0.4 is 0 Å². The van der Waals surface area contributed by atoms with Gasteiger partial charge in [-0.05, 0) is 13.8 Å². The quantitative estimate of drug-likeness (QED) is 0.585. The summed E-state index contributed by atoms with van der Waals surface area (Å²) in [6, 6.07) is 0. The molecule has 9 heavy (non-hydrogen) atoms. The second-order valence-corrected chi connectivity index (χ2v) is 2.21. The van der Waals surface area contributed by atoms with E-state index in [0.29, 0.717) is 5.16 Å². The van der Waals surface area contributed by atoms with Gasteiger partial charge in [-0.1, -0.05) is 23.2 Å². The van der Waals surface area contributed by atoms with Gasteiger partial charge in [-0.3, -0.25) is 0 Å². The van der Waals surface area contributed by atoms with E-state index >= 15 is 0 Å². The average molecular weight is 168 g/mol. The Morgan fingerprint density at radius 2 is 1.89 bits per heavy atom. The molecule has 0 saturated heterocycles. The van der Waals surface area contributed by atoms with Crippen LogP contribution in [0.2, 0.25) is 0 Å². The molecule has 0 atom stereocenters. The standard InChI is InChI=1S/C6H11Cl2N/c1-3-9(4-2)6(8)5-7/h5H,3-4H2,1-2H3. The van der Waals surface area contributed by atoms with E-state index < -0.39 is 0 Å². The van der Waals surface area contributed by atoms with Gasteiger partial charge in [0.05, 0.1) is 0 Å². The molecule has 0 heterocycles. The van der Waals surface area contributed by atoms with Gasteiger partial charge >= 0.3 is 0 Å². The Labute approximate surface area is 66.2 Å². The molecule has 1 nitrogen and oxygen atoms in total. The molecule has 0 aromatic rings. The third kappa shape index (κ3) is 2.97. The third-order valence-corrected chi connectivity index (χ3v) is 1.82. The van der Waals surface area contributed by atoms with Gasteiger partial charge in [-0.15, -0.1) is 0 Å². The number of hydrogen-bond acceptors (Lipinski definition) is 1. The second kappa shape index (κ2) is 4.95. The summed E-state index contributed by atoms with van der Waals surface area (Å²) in [7, 11) is 0. The van der Waals surface area contributed by atoms with E-state index in [1.165, 1.54) is 5.54 Å². The summed E-state index contributed by atoms with van der Waals surface area (Å²) in [5, 5.41) is 0.613. The molecule has 0 aromatic carbocycles. The summed E-state index contributed by atoms with van der Waals surface area (Å²) in [4.78, 5) is 1.97. The summed E-state index contributed by atoms with van der Waals surface area (Å²) in [5.41, 5.74) is 1.38. The highest BCUT2D eigenvalue weighted by atomic mass is 35.5. The summed E-state index contributed by atoms with van der Waals surface area (Å²) in [5.74, 6) is 0. The fourth-order valence-corrected chi connectivity index (χ4v) is 0.972. The van der Waals surface area contributed by atoms with Crippen LogP contribution >= 0.6 is 23.2 Å². The zero-order chi connectivity index (χ0) is 7.28. The monoisotopic (exact) mass is 167 g/mol. The largest absolute Gasteiger partial charge is 0.362 e. The topological polar surface area (TPSA) is 3.24 Å². The average Bonchev–Trinajstić information content (AvgIpc) is 1.90. The zero-order valence-corrected chi connectivity index (χ0v) is 7.21. The molecular formula is C6H11Cl2N. The molecule has 0 amide bonds. The van der Waals surface area contributed by atoms with Crippen LogP contribution in [-0.4, -0.2) is 18.0 Å². The molecule has 0 radical (unpaired) electrons. The van der Waals surface area contributed by atoms with E-state index in [1.807, 2.05) is 18.7 Å². The SMILES string of the molecule is CCN(CC)C(Cl)=CCl. The Bertz CT molecular complexity index is 97.2. The minimum absolute atomic E-state index is 0.613. The van der Waals surface area contributed by atoms with Crippen molar-refractivity contribution in [2.24, 2.45) is 0 Å². The molecule has 0 unspecified atom stereocenters. The maximum absolute atomic E-state index is 5.69. The molecule has 0 aromatic heterocycles. The van der Waals surface area contributed by atoms with E-state index in [-0.39, 0.29) is 0 Å². The van der Waals surface area contributed by atoms with Gasteiger partial charge in [0.2, 0.25) is 0 Å². The van der Waals surface area contributed by atoms with E-state index in [2.05, 4.69) is 0 Å². The summed E-state index contributed by atoms with van der Waals surface area (Å²) >= 11 is 11.1. The number of rotatable bonds is 3. The lowest BCUT2D eigenvalue weighted by molar-refractivity contribution is 0.407. The van der Waals surface area contributed by atoms with E-state index in [0.717, 1.165) is 13.1 Å². The lowest BCUT2D eigenvalue weighted by Crippen LogP contribution is -2.18. The van der Waals surface area contributed by atoms with Crippen molar-refractivity contribution in [3.05, 3.63) is 10.7 Å². The highest BCUT2D eigenvalue weighted by Gasteiger charge is 1.98. The van der Waals surface area contributed by atoms with Crippen molar-refractivity contribution in [3.63, 3.8) is 0 Å². The van der Waals surface area contributed by atoms with Gasteiger partial charge in [0.1, 0.15) is 5.16 Å². The van der Waals surface area contributed by atoms with E-state index in [4.69, 9.17) is 23.2 Å². The van der Waals surface area contributed by atoms with Gasteiger partial charge in [-0.25, -0.2) is 0 Å². The first-order chi connectivity index (χ1) is 4.26. The van der Waals surface area contributed by atoms with Crippen molar-refractivity contribution in [2.75, 3.05) is 13.1 Å². The summed E-state index contributed by atoms with van der Waals surface area (Å²) in [6.07, 6.45) is 0. The highest BCUT2D eigenvalue weighted by molar-refractivity contribution is 6.36. The lowest BCUT2D eigenvalue weighted by Gasteiger charge is -2.18. The van der Waals surface area contributed by atoms with Crippen molar-refractivity contribution < 1.29 is 0 Å². The zero-order valence-electron chi connectivity index (χ0n) is 5.69. The van der Waals surface area contributed by atoms with Gasteiger partial charge in [0.15, 0.2) is 0 Å². The predicted octanol–water partition coefficient (Wildman–Crippen LogP) is 2.60. The Morgan fingerprint density at radius 3 is 2.00 bits per heavy atom. The number of hydrogen-bond donors (Lipinski definition) is 0. The van der Waals surface area contributed by atoms with Crippen molar-refractivity contribution in [1.29, 1.82) is 0 Å². The molecule has 0 fully saturated rings. The maximum atomic E-state index is 5.69. The number of halogens is 2. The second-order valence-electron chi connectivity index (χ2n) is 1.60. The molecule has 3 heteroatoms. The van der Waals surface area contributed by atoms with Crippen LogP contribution in [-0.2, 0) is 0 Å². The molecule has 0 rings (SSSR count). The Morgan fingerprint density at radius 1 is 1.44 bits per heavy atom. The van der Waals surface area contributed by atoms with Crippen LogP contribution in [0.5, 0.6) is 0 Å². The maximum Gasteiger partial charge on any atom is 0.116 e. The lowest BCUT2D eigenvalue weighted by atomic mass is 10.5. The molecule has 0 N–H and O–H groups in total. The molecule has 0 bridgehead atoms. The molecular weight excluding hydrogens is 157 g/mol. The third-order valence-electron chi connectivity index (χ3n) is 1.16. The van der Waals surface area contributed by atoms with Crippen LogP contribution in [0, 0.1) is 0 Å². The molecule has 0 spiro atoms. The van der Waals surface area contributed by atoms with Gasteiger partial charge in [0.25, 0.3) is 0 Å². The van der Waals surface area contributed by atoms with Crippen LogP contribution in [0.15, 0.2) is 10.7 Å².